The molecule has 1 aliphatic heterocycles. The van der Waals surface area contributed by atoms with E-state index in [0.717, 1.165) is 48.0 Å². The highest BCUT2D eigenvalue weighted by Crippen LogP contribution is 2.27. The first kappa shape index (κ1) is 14.3. The third-order valence-electron chi connectivity index (χ3n) is 3.81. The minimum Gasteiger partial charge on any atom is -0.459 e. The van der Waals surface area contributed by atoms with Gasteiger partial charge in [0, 0.05) is 11.9 Å². The van der Waals surface area contributed by atoms with E-state index in [1.165, 1.54) is 0 Å². The maximum atomic E-state index is 11.5. The summed E-state index contributed by atoms with van der Waals surface area (Å²) in [5.74, 6) is 1.45. The lowest BCUT2D eigenvalue weighted by atomic mass is 10.0. The molecule has 0 radical (unpaired) electrons. The van der Waals surface area contributed by atoms with Crippen LogP contribution in [0.25, 0.3) is 10.8 Å². The molecule has 1 saturated heterocycles. The monoisotopic (exact) mass is 305 g/mol. The fourth-order valence-corrected chi connectivity index (χ4v) is 3.52. The fraction of sp³-hybridized carbons (Fsp3) is 0.467. The van der Waals surface area contributed by atoms with Crippen molar-refractivity contribution in [3.05, 3.63) is 29.0 Å². The molecule has 0 aromatic carbocycles. The zero-order chi connectivity index (χ0) is 14.8. The van der Waals surface area contributed by atoms with Gasteiger partial charge in [0.25, 0.3) is 0 Å². The molecule has 6 heteroatoms. The zero-order valence-corrected chi connectivity index (χ0v) is 12.9. The number of aromatic nitrogens is 1. The third kappa shape index (κ3) is 3.16. The molecule has 3 rings (SSSR count). The molecule has 2 N–H and O–H groups in total. The molecular weight excluding hydrogens is 286 g/mol. The molecule has 0 bridgehead atoms. The molecule has 0 aliphatic carbocycles. The van der Waals surface area contributed by atoms with Crippen LogP contribution < -0.4 is 5.73 Å². The summed E-state index contributed by atoms with van der Waals surface area (Å²) in [4.78, 5) is 18.3. The van der Waals surface area contributed by atoms with E-state index in [1.807, 2.05) is 24.4 Å². The van der Waals surface area contributed by atoms with Gasteiger partial charge in [0.1, 0.15) is 5.76 Å². The van der Waals surface area contributed by atoms with Gasteiger partial charge >= 0.3 is 0 Å². The maximum absolute atomic E-state index is 11.5. The lowest BCUT2D eigenvalue weighted by Gasteiger charge is -2.32. The number of carbonyl (C=O) groups excluding carboxylic acids is 1. The Bertz CT molecular complexity index is 634. The van der Waals surface area contributed by atoms with E-state index in [1.54, 1.807) is 11.3 Å². The molecule has 2 aromatic rings. The van der Waals surface area contributed by atoms with Crippen molar-refractivity contribution in [3.8, 4) is 10.8 Å². The maximum Gasteiger partial charge on any atom is 0.234 e. The molecule has 0 unspecified atom stereocenters. The van der Waals surface area contributed by atoms with Crippen LogP contribution in [0, 0.1) is 6.92 Å². The highest BCUT2D eigenvalue weighted by Gasteiger charge is 2.27. The van der Waals surface area contributed by atoms with E-state index in [9.17, 15) is 4.79 Å². The number of piperidine rings is 1. The number of hydrogen-bond acceptors (Lipinski definition) is 5. The van der Waals surface area contributed by atoms with Crippen LogP contribution in [0.3, 0.4) is 0 Å². The number of nitrogens with zero attached hydrogens (tertiary/aromatic N) is 2. The minimum absolute atomic E-state index is 0.158. The largest absolute Gasteiger partial charge is 0.459 e. The van der Waals surface area contributed by atoms with Crippen LogP contribution in [0.5, 0.6) is 0 Å². The van der Waals surface area contributed by atoms with Gasteiger partial charge in [0.15, 0.2) is 10.8 Å². The number of likely N-dealkylation sites (tertiary alicyclic amines) is 1. The number of amides is 1. The molecule has 1 aliphatic rings. The Balaban J connectivity index is 1.73. The van der Waals surface area contributed by atoms with Crippen LogP contribution in [0.15, 0.2) is 21.9 Å². The quantitative estimate of drug-likeness (QED) is 0.942. The molecule has 112 valence electrons. The summed E-state index contributed by atoms with van der Waals surface area (Å²) in [7, 11) is 0. The third-order valence-corrected chi connectivity index (χ3v) is 4.72. The Labute approximate surface area is 127 Å². The molecule has 1 fully saturated rings. The van der Waals surface area contributed by atoms with Gasteiger partial charge in [-0.2, -0.15) is 0 Å². The first-order valence-electron chi connectivity index (χ1n) is 7.18. The Morgan fingerprint density at radius 3 is 3.10 bits per heavy atom. The van der Waals surface area contributed by atoms with Gasteiger partial charge in [0.2, 0.25) is 5.91 Å². The second-order valence-electron chi connectivity index (χ2n) is 5.44. The molecule has 0 spiro atoms. The van der Waals surface area contributed by atoms with Gasteiger partial charge < -0.3 is 10.2 Å². The average Bonchev–Trinajstić information content (AvgIpc) is 3.08. The van der Waals surface area contributed by atoms with Gasteiger partial charge in [-0.1, -0.05) is 6.42 Å². The van der Waals surface area contributed by atoms with Crippen molar-refractivity contribution >= 4 is 17.2 Å². The van der Waals surface area contributed by atoms with E-state index in [4.69, 9.17) is 10.2 Å². The topological polar surface area (TPSA) is 72.4 Å². The smallest absolute Gasteiger partial charge is 0.234 e. The summed E-state index contributed by atoms with van der Waals surface area (Å²) in [6, 6.07) is 3.71. The molecule has 21 heavy (non-hydrogen) atoms. The normalized spacial score (nSPS) is 19.8. The van der Waals surface area contributed by atoms with Crippen molar-refractivity contribution < 1.29 is 9.21 Å². The summed E-state index contributed by atoms with van der Waals surface area (Å²) in [5.41, 5.74) is 6.47. The molecule has 2 aromatic heterocycles. The number of thiazole rings is 1. The van der Waals surface area contributed by atoms with E-state index in [2.05, 4.69) is 9.88 Å². The molecule has 1 amide bonds. The number of nitrogens with two attached hydrogens (primary N) is 1. The first-order valence-corrected chi connectivity index (χ1v) is 8.06. The van der Waals surface area contributed by atoms with Crippen molar-refractivity contribution in [1.82, 2.24) is 9.88 Å². The lowest BCUT2D eigenvalue weighted by Crippen LogP contribution is -2.47. The summed E-state index contributed by atoms with van der Waals surface area (Å²) < 4.78 is 5.59. The van der Waals surface area contributed by atoms with Crippen LogP contribution in [-0.2, 0) is 11.3 Å². The van der Waals surface area contributed by atoms with E-state index < -0.39 is 0 Å². The zero-order valence-electron chi connectivity index (χ0n) is 12.0. The predicted molar refractivity (Wildman–Crippen MR) is 81.8 cm³/mol. The van der Waals surface area contributed by atoms with E-state index in [0.29, 0.717) is 6.54 Å². The number of hydrogen-bond donors (Lipinski definition) is 1. The molecular formula is C15H19N3O2S. The van der Waals surface area contributed by atoms with Crippen LogP contribution in [0.1, 0.15) is 30.7 Å². The van der Waals surface area contributed by atoms with Crippen molar-refractivity contribution in [2.24, 2.45) is 5.73 Å². The molecule has 3 heterocycles. The summed E-state index contributed by atoms with van der Waals surface area (Å²) >= 11 is 1.57. The highest BCUT2D eigenvalue weighted by atomic mass is 32.1. The number of aryl methyl sites for hydroxylation is 1. The summed E-state index contributed by atoms with van der Waals surface area (Å²) in [5, 5.41) is 2.91. The Morgan fingerprint density at radius 2 is 2.38 bits per heavy atom. The Kier molecular flexibility index (Phi) is 4.07. The summed E-state index contributed by atoms with van der Waals surface area (Å²) in [6.07, 6.45) is 3.03. The number of rotatable bonds is 4. The van der Waals surface area contributed by atoms with Crippen LogP contribution in [0.2, 0.25) is 0 Å². The predicted octanol–water partition coefficient (Wildman–Crippen LogP) is 2.55. The molecule has 0 saturated carbocycles. The highest BCUT2D eigenvalue weighted by molar-refractivity contribution is 7.13. The van der Waals surface area contributed by atoms with Gasteiger partial charge in [-0.25, -0.2) is 4.98 Å². The second kappa shape index (κ2) is 5.99. The van der Waals surface area contributed by atoms with Gasteiger partial charge in [0.05, 0.1) is 11.7 Å². The number of furan rings is 1. The van der Waals surface area contributed by atoms with Crippen LogP contribution in [-0.4, -0.2) is 28.4 Å². The van der Waals surface area contributed by atoms with E-state index >= 15 is 0 Å². The van der Waals surface area contributed by atoms with Gasteiger partial charge in [-0.3, -0.25) is 9.69 Å². The minimum atomic E-state index is -0.230. The second-order valence-corrected chi connectivity index (χ2v) is 6.30. The van der Waals surface area contributed by atoms with Gasteiger partial charge in [-0.05, 0) is 38.4 Å². The fourth-order valence-electron chi connectivity index (χ4n) is 2.75. The van der Waals surface area contributed by atoms with Crippen LogP contribution in [0.4, 0.5) is 0 Å². The van der Waals surface area contributed by atoms with Crippen molar-refractivity contribution in [3.63, 3.8) is 0 Å². The average molecular weight is 305 g/mol. The van der Waals surface area contributed by atoms with Crippen molar-refractivity contribution in [2.45, 2.75) is 38.8 Å². The van der Waals surface area contributed by atoms with Crippen molar-refractivity contribution in [1.29, 1.82) is 0 Å². The van der Waals surface area contributed by atoms with Crippen molar-refractivity contribution in [2.75, 3.05) is 6.54 Å². The Hall–Kier alpha value is -1.66. The van der Waals surface area contributed by atoms with E-state index in [-0.39, 0.29) is 11.9 Å². The standard InChI is InChI=1S/C15H19N3O2S/c1-10-5-6-13(20-10)15-17-11(9-21-15)8-18-7-3-2-4-12(18)14(16)19/h5-6,9,12H,2-4,7-8H2,1H3,(H2,16,19)/t12-/m1/s1. The lowest BCUT2D eigenvalue weighted by molar-refractivity contribution is -0.124. The molecule has 1 atom stereocenters. The Morgan fingerprint density at radius 1 is 1.52 bits per heavy atom. The summed E-state index contributed by atoms with van der Waals surface area (Å²) in [6.45, 7) is 3.49. The van der Waals surface area contributed by atoms with Crippen LogP contribution >= 0.6 is 11.3 Å². The first-order chi connectivity index (χ1) is 10.1. The van der Waals surface area contributed by atoms with Gasteiger partial charge in [-0.15, -0.1) is 11.3 Å². The molecule has 5 nitrogen and oxygen atoms in total. The SMILES string of the molecule is Cc1ccc(-c2nc(CN3CCCC[C@@H]3C(N)=O)cs2)o1. The number of carbonyl (C=O) groups is 1. The number of primary amides is 1.